The fraction of sp³-hybridized carbons (Fsp3) is 0.200. The first-order chi connectivity index (χ1) is 15.3. The molecule has 0 atom stereocenters. The van der Waals surface area contributed by atoms with Gasteiger partial charge in [0.05, 0.1) is 16.7 Å². The zero-order valence-corrected chi connectivity index (χ0v) is 19.5. The van der Waals surface area contributed by atoms with Crippen molar-refractivity contribution in [3.8, 4) is 16.8 Å². The molecule has 156 valence electrons. The molecule has 5 aromatic rings. The quantitative estimate of drug-likeness (QED) is 0.231. The van der Waals surface area contributed by atoms with Gasteiger partial charge in [-0.3, -0.25) is 0 Å². The van der Waals surface area contributed by atoms with Crippen LogP contribution in [0.5, 0.6) is 0 Å². The molecule has 0 fully saturated rings. The number of rotatable bonds is 0. The molecule has 0 N–H and O–H groups in total. The Labute approximate surface area is 193 Å². The van der Waals surface area contributed by atoms with Crippen molar-refractivity contribution in [3.63, 3.8) is 0 Å². The van der Waals surface area contributed by atoms with E-state index in [1.165, 1.54) is 60.9 Å². The summed E-state index contributed by atoms with van der Waals surface area (Å²) in [6, 6.07) is 26.9. The monoisotopic (exact) mass is 433 g/mol. The molecule has 32 heavy (non-hydrogen) atoms. The molecule has 1 aliphatic heterocycles. The van der Waals surface area contributed by atoms with Crippen LogP contribution in [-0.4, -0.2) is 4.57 Å². The third-order valence-corrected chi connectivity index (χ3v) is 8.27. The van der Waals surface area contributed by atoms with E-state index in [1.54, 1.807) is 0 Å². The Balaban J connectivity index is 1.69. The minimum absolute atomic E-state index is 0.0359. The number of halogens is 1. The first-order valence-electron chi connectivity index (χ1n) is 11.3. The summed E-state index contributed by atoms with van der Waals surface area (Å²) in [6.07, 6.45) is 0. The molecule has 1 aromatic heterocycles. The zero-order valence-electron chi connectivity index (χ0n) is 18.8. The van der Waals surface area contributed by atoms with Gasteiger partial charge >= 0.3 is 0 Å². The number of hydrogen-bond acceptors (Lipinski definition) is 0. The third-order valence-electron chi connectivity index (χ3n) is 8.04. The smallest absolute Gasteiger partial charge is 0.0582 e. The average Bonchev–Trinajstić information content (AvgIpc) is 3.21. The fourth-order valence-corrected chi connectivity index (χ4v) is 6.53. The van der Waals surface area contributed by atoms with E-state index in [-0.39, 0.29) is 10.8 Å². The van der Waals surface area contributed by atoms with E-state index in [2.05, 4.69) is 99.0 Å². The van der Waals surface area contributed by atoms with E-state index >= 15 is 0 Å². The summed E-state index contributed by atoms with van der Waals surface area (Å²) < 4.78 is 2.51. The Hall–Kier alpha value is -3.03. The van der Waals surface area contributed by atoms with Crippen molar-refractivity contribution in [3.05, 3.63) is 100 Å². The Bertz CT molecular complexity index is 1630. The Morgan fingerprint density at radius 2 is 1.34 bits per heavy atom. The predicted molar refractivity (Wildman–Crippen MR) is 135 cm³/mol. The summed E-state index contributed by atoms with van der Waals surface area (Å²) in [5.74, 6) is 0. The van der Waals surface area contributed by atoms with Crippen LogP contribution in [0.15, 0.2) is 72.8 Å². The number of nitrogens with zero attached hydrogens (tertiary/aromatic N) is 1. The maximum Gasteiger partial charge on any atom is 0.0582 e. The van der Waals surface area contributed by atoms with Gasteiger partial charge in [0.1, 0.15) is 0 Å². The maximum atomic E-state index is 6.41. The van der Waals surface area contributed by atoms with E-state index in [9.17, 15) is 0 Å². The second-order valence-electron chi connectivity index (χ2n) is 10.4. The van der Waals surface area contributed by atoms with Crippen molar-refractivity contribution in [2.75, 3.05) is 0 Å². The molecular weight excluding hydrogens is 410 g/mol. The van der Waals surface area contributed by atoms with Gasteiger partial charge in [0.2, 0.25) is 0 Å². The lowest BCUT2D eigenvalue weighted by molar-refractivity contribution is 0.630. The predicted octanol–water partition coefficient (Wildman–Crippen LogP) is 8.38. The van der Waals surface area contributed by atoms with Crippen LogP contribution in [0, 0.1) is 0 Å². The van der Waals surface area contributed by atoms with Gasteiger partial charge in [-0.05, 0) is 63.7 Å². The van der Waals surface area contributed by atoms with Gasteiger partial charge in [0, 0.05) is 26.6 Å². The van der Waals surface area contributed by atoms with E-state index in [0.717, 1.165) is 5.02 Å². The Morgan fingerprint density at radius 1 is 0.625 bits per heavy atom. The molecule has 0 radical (unpaired) electrons. The number of para-hydroxylation sites is 2. The molecule has 0 unspecified atom stereocenters. The Kier molecular flexibility index (Phi) is 3.28. The molecule has 2 aliphatic rings. The van der Waals surface area contributed by atoms with Gasteiger partial charge in [0.15, 0.2) is 0 Å². The van der Waals surface area contributed by atoms with Crippen molar-refractivity contribution >= 4 is 33.4 Å². The van der Waals surface area contributed by atoms with Crippen LogP contribution in [0.25, 0.3) is 38.6 Å². The summed E-state index contributed by atoms with van der Waals surface area (Å²) in [4.78, 5) is 0. The molecule has 0 saturated heterocycles. The van der Waals surface area contributed by atoms with Crippen molar-refractivity contribution < 1.29 is 0 Å². The first kappa shape index (κ1) is 18.5. The highest BCUT2D eigenvalue weighted by atomic mass is 35.5. The molecule has 7 rings (SSSR count). The van der Waals surface area contributed by atoms with Crippen LogP contribution >= 0.6 is 11.6 Å². The maximum absolute atomic E-state index is 6.41. The molecule has 1 aliphatic carbocycles. The molecule has 0 bridgehead atoms. The topological polar surface area (TPSA) is 4.93 Å². The second kappa shape index (κ2) is 5.66. The highest BCUT2D eigenvalue weighted by Crippen LogP contribution is 2.53. The van der Waals surface area contributed by atoms with Crippen LogP contribution in [-0.2, 0) is 10.8 Å². The van der Waals surface area contributed by atoms with Crippen molar-refractivity contribution in [2.45, 2.75) is 38.5 Å². The fourth-order valence-electron chi connectivity index (χ4n) is 6.36. The van der Waals surface area contributed by atoms with Crippen molar-refractivity contribution in [2.24, 2.45) is 0 Å². The number of benzene rings is 4. The first-order valence-corrected chi connectivity index (χ1v) is 11.7. The van der Waals surface area contributed by atoms with E-state index in [1.807, 2.05) is 6.07 Å². The summed E-state index contributed by atoms with van der Waals surface area (Å²) >= 11 is 6.41. The minimum atomic E-state index is -0.0865. The number of fused-ring (bicyclic) bond motifs is 8. The molecule has 4 aromatic carbocycles. The highest BCUT2D eigenvalue weighted by Gasteiger charge is 2.38. The Morgan fingerprint density at radius 3 is 2.19 bits per heavy atom. The highest BCUT2D eigenvalue weighted by molar-refractivity contribution is 6.30. The number of aromatic nitrogens is 1. The van der Waals surface area contributed by atoms with E-state index in [0.29, 0.717) is 0 Å². The lowest BCUT2D eigenvalue weighted by atomic mass is 9.75. The van der Waals surface area contributed by atoms with Gasteiger partial charge in [-0.25, -0.2) is 0 Å². The van der Waals surface area contributed by atoms with Crippen LogP contribution in [0.3, 0.4) is 0 Å². The summed E-state index contributed by atoms with van der Waals surface area (Å²) in [5.41, 5.74) is 11.9. The van der Waals surface area contributed by atoms with E-state index < -0.39 is 0 Å². The van der Waals surface area contributed by atoms with Gasteiger partial charge < -0.3 is 4.57 Å². The van der Waals surface area contributed by atoms with Crippen molar-refractivity contribution in [1.29, 1.82) is 0 Å². The molecule has 2 heterocycles. The summed E-state index contributed by atoms with van der Waals surface area (Å²) in [6.45, 7) is 9.35. The zero-order chi connectivity index (χ0) is 22.0. The average molecular weight is 434 g/mol. The van der Waals surface area contributed by atoms with Crippen LogP contribution < -0.4 is 0 Å². The largest absolute Gasteiger partial charge is 0.309 e. The third kappa shape index (κ3) is 2.02. The lowest BCUT2D eigenvalue weighted by Gasteiger charge is -2.34. The lowest BCUT2D eigenvalue weighted by Crippen LogP contribution is -2.26. The standard InChI is InChI=1S/C30H24ClN/c1-29(2)22-9-5-6-11-26(22)32-27-16-25-20(15-21(27)19-8-7-10-23(29)28(19)32)18-13-12-17(31)14-24(18)30(25,3)4/h5-16H,1-4H3. The van der Waals surface area contributed by atoms with Crippen molar-refractivity contribution in [1.82, 2.24) is 4.57 Å². The summed E-state index contributed by atoms with van der Waals surface area (Å²) in [7, 11) is 0. The SMILES string of the molecule is CC1(C)c2cc(Cl)ccc2-c2cc3c4cccc5c4n(c3cc21)-c1ccccc1C5(C)C. The second-order valence-corrected chi connectivity index (χ2v) is 10.8. The van der Waals surface area contributed by atoms with Gasteiger partial charge in [0.25, 0.3) is 0 Å². The summed E-state index contributed by atoms with van der Waals surface area (Å²) in [5, 5.41) is 3.47. The van der Waals surface area contributed by atoms with Gasteiger partial charge in [-0.1, -0.05) is 81.8 Å². The molecule has 2 heteroatoms. The molecule has 0 spiro atoms. The van der Waals surface area contributed by atoms with Crippen LogP contribution in [0.2, 0.25) is 5.02 Å². The van der Waals surface area contributed by atoms with Crippen LogP contribution in [0.1, 0.15) is 49.9 Å². The molecular formula is C30H24ClN. The minimum Gasteiger partial charge on any atom is -0.309 e. The van der Waals surface area contributed by atoms with E-state index in [4.69, 9.17) is 11.6 Å². The number of hydrogen-bond donors (Lipinski definition) is 0. The van der Waals surface area contributed by atoms with Crippen LogP contribution in [0.4, 0.5) is 0 Å². The van der Waals surface area contributed by atoms with Gasteiger partial charge in [-0.15, -0.1) is 0 Å². The molecule has 0 amide bonds. The molecule has 0 saturated carbocycles. The van der Waals surface area contributed by atoms with Gasteiger partial charge in [-0.2, -0.15) is 0 Å². The normalized spacial score (nSPS) is 16.8. The molecule has 1 nitrogen and oxygen atoms in total.